The second kappa shape index (κ2) is 5.29. The summed E-state index contributed by atoms with van der Waals surface area (Å²) in [6, 6.07) is 2.72. The number of amides is 1. The lowest BCUT2D eigenvalue weighted by atomic mass is 10.3. The molecule has 0 aliphatic heterocycles. The molecule has 2 aromatic rings. The fourth-order valence-corrected chi connectivity index (χ4v) is 1.59. The first-order valence-corrected chi connectivity index (χ1v) is 5.49. The fraction of sp³-hybridized carbons (Fsp3) is 0.300. The first-order chi connectivity index (χ1) is 9.08. The molecule has 0 saturated carbocycles. The number of aliphatic carboxylic acids is 1. The molecule has 9 nitrogen and oxygen atoms in total. The molecule has 0 spiro atoms. The number of nitrogens with zero attached hydrogens (tertiary/aromatic N) is 4. The number of carbonyl (C=O) groups is 2. The molecule has 2 heterocycles. The molecule has 0 aliphatic rings. The van der Waals surface area contributed by atoms with Crippen molar-refractivity contribution in [1.82, 2.24) is 30.5 Å². The lowest BCUT2D eigenvalue weighted by molar-refractivity contribution is -0.137. The van der Waals surface area contributed by atoms with E-state index in [1.54, 1.807) is 19.1 Å². The molecule has 0 saturated heterocycles. The molecule has 0 aliphatic carbocycles. The zero-order valence-corrected chi connectivity index (χ0v) is 10.1. The van der Waals surface area contributed by atoms with E-state index < -0.39 is 17.9 Å². The van der Waals surface area contributed by atoms with Crippen LogP contribution in [-0.4, -0.2) is 42.2 Å². The number of hydrogen-bond acceptors (Lipinski definition) is 5. The molecule has 0 bridgehead atoms. The maximum atomic E-state index is 12.0. The summed E-state index contributed by atoms with van der Waals surface area (Å²) in [5.41, 5.74) is 0.262. The topological polar surface area (TPSA) is 126 Å². The number of aromatic amines is 1. The van der Waals surface area contributed by atoms with Crippen molar-refractivity contribution in [2.75, 3.05) is 0 Å². The van der Waals surface area contributed by atoms with E-state index in [2.05, 4.69) is 25.9 Å². The van der Waals surface area contributed by atoms with Crippen LogP contribution in [0.25, 0.3) is 0 Å². The lowest BCUT2D eigenvalue weighted by Gasteiger charge is -2.11. The van der Waals surface area contributed by atoms with Crippen LogP contribution in [0.2, 0.25) is 0 Å². The van der Waals surface area contributed by atoms with E-state index >= 15 is 0 Å². The second-order valence-corrected chi connectivity index (χ2v) is 3.88. The van der Waals surface area contributed by atoms with Gasteiger partial charge >= 0.3 is 5.97 Å². The van der Waals surface area contributed by atoms with Gasteiger partial charge in [-0.25, -0.2) is 0 Å². The quantitative estimate of drug-likeness (QED) is 0.673. The summed E-state index contributed by atoms with van der Waals surface area (Å²) in [6.07, 6.45) is 1.53. The maximum absolute atomic E-state index is 12.0. The average Bonchev–Trinajstić information content (AvgIpc) is 2.97. The Balaban J connectivity index is 2.08. The third-order valence-corrected chi connectivity index (χ3v) is 2.46. The Hall–Kier alpha value is -2.71. The third-order valence-electron chi connectivity index (χ3n) is 2.46. The second-order valence-electron chi connectivity index (χ2n) is 3.88. The Kier molecular flexibility index (Phi) is 3.55. The van der Waals surface area contributed by atoms with Crippen molar-refractivity contribution in [2.24, 2.45) is 0 Å². The van der Waals surface area contributed by atoms with Gasteiger partial charge < -0.3 is 15.0 Å². The molecule has 3 N–H and O–H groups in total. The van der Waals surface area contributed by atoms with E-state index in [9.17, 15) is 9.59 Å². The Morgan fingerprint density at radius 1 is 1.58 bits per heavy atom. The third kappa shape index (κ3) is 2.94. The number of hydrogen-bond donors (Lipinski definition) is 3. The van der Waals surface area contributed by atoms with Crippen molar-refractivity contribution in [3.63, 3.8) is 0 Å². The highest BCUT2D eigenvalue weighted by molar-refractivity contribution is 5.93. The maximum Gasteiger partial charge on any atom is 0.323 e. The standard InChI is InChI=1S/C10H12N6O3/c1-6(9-12-14-15-13-9)11-10(19)7-3-2-4-16(7)5-8(17)18/h2-4,6H,5H2,1H3,(H,11,19)(H,17,18)(H,12,13,14,15). The summed E-state index contributed by atoms with van der Waals surface area (Å²) < 4.78 is 1.35. The average molecular weight is 264 g/mol. The van der Waals surface area contributed by atoms with Crippen LogP contribution in [0.3, 0.4) is 0 Å². The van der Waals surface area contributed by atoms with Gasteiger partial charge in [0.25, 0.3) is 5.91 Å². The Morgan fingerprint density at radius 3 is 3.00 bits per heavy atom. The van der Waals surface area contributed by atoms with Crippen molar-refractivity contribution in [2.45, 2.75) is 19.5 Å². The van der Waals surface area contributed by atoms with E-state index in [0.29, 0.717) is 5.82 Å². The molecule has 19 heavy (non-hydrogen) atoms. The van der Waals surface area contributed by atoms with Crippen LogP contribution >= 0.6 is 0 Å². The van der Waals surface area contributed by atoms with E-state index in [4.69, 9.17) is 5.11 Å². The fourth-order valence-electron chi connectivity index (χ4n) is 1.59. The number of rotatable bonds is 5. The van der Waals surface area contributed by atoms with Crippen molar-refractivity contribution in [1.29, 1.82) is 0 Å². The van der Waals surface area contributed by atoms with Crippen molar-refractivity contribution in [3.05, 3.63) is 29.8 Å². The predicted molar refractivity (Wildman–Crippen MR) is 62.1 cm³/mol. The molecule has 1 atom stereocenters. The molecule has 100 valence electrons. The van der Waals surface area contributed by atoms with E-state index in [1.807, 2.05) is 0 Å². The smallest absolute Gasteiger partial charge is 0.323 e. The molecular weight excluding hydrogens is 252 g/mol. The largest absolute Gasteiger partial charge is 0.480 e. The van der Waals surface area contributed by atoms with E-state index in [1.165, 1.54) is 10.8 Å². The Labute approximate surface area is 107 Å². The minimum atomic E-state index is -1.02. The van der Waals surface area contributed by atoms with Crippen LogP contribution in [0.15, 0.2) is 18.3 Å². The number of aromatic nitrogens is 5. The number of nitrogens with one attached hydrogen (secondary N) is 2. The summed E-state index contributed by atoms with van der Waals surface area (Å²) >= 11 is 0. The number of carboxylic acid groups (broad SMARTS) is 1. The molecule has 0 radical (unpaired) electrons. The first kappa shape index (κ1) is 12.7. The SMILES string of the molecule is CC(NC(=O)c1cccn1CC(=O)O)c1nn[nH]n1. The van der Waals surface area contributed by atoms with Crippen LogP contribution in [0.1, 0.15) is 29.3 Å². The van der Waals surface area contributed by atoms with Gasteiger partial charge in [-0.05, 0) is 19.1 Å². The van der Waals surface area contributed by atoms with Crippen LogP contribution in [0, 0.1) is 0 Å². The molecular formula is C10H12N6O3. The molecule has 2 aromatic heterocycles. The van der Waals surface area contributed by atoms with E-state index in [0.717, 1.165) is 0 Å². The summed E-state index contributed by atoms with van der Waals surface area (Å²) in [6.45, 7) is 1.43. The summed E-state index contributed by atoms with van der Waals surface area (Å²) in [4.78, 5) is 22.7. The normalized spacial score (nSPS) is 12.1. The van der Waals surface area contributed by atoms with E-state index in [-0.39, 0.29) is 12.2 Å². The van der Waals surface area contributed by atoms with Gasteiger partial charge in [0.2, 0.25) is 0 Å². The van der Waals surface area contributed by atoms with Gasteiger partial charge in [0.05, 0.1) is 6.04 Å². The first-order valence-electron chi connectivity index (χ1n) is 5.49. The highest BCUT2D eigenvalue weighted by atomic mass is 16.4. The van der Waals surface area contributed by atoms with Gasteiger partial charge in [0.1, 0.15) is 12.2 Å². The number of carboxylic acids is 1. The van der Waals surface area contributed by atoms with Crippen molar-refractivity contribution in [3.8, 4) is 0 Å². The molecule has 2 rings (SSSR count). The number of carbonyl (C=O) groups excluding carboxylic acids is 1. The van der Waals surface area contributed by atoms with Gasteiger partial charge in [-0.1, -0.05) is 5.21 Å². The van der Waals surface area contributed by atoms with Crippen LogP contribution in [-0.2, 0) is 11.3 Å². The molecule has 0 aromatic carbocycles. The molecule has 1 unspecified atom stereocenters. The zero-order valence-electron chi connectivity index (χ0n) is 10.1. The van der Waals surface area contributed by atoms with Crippen molar-refractivity contribution >= 4 is 11.9 Å². The minimum absolute atomic E-state index is 0.262. The zero-order chi connectivity index (χ0) is 13.8. The molecule has 1 amide bonds. The lowest BCUT2D eigenvalue weighted by Crippen LogP contribution is -2.29. The Bertz CT molecular complexity index is 576. The summed E-state index contributed by atoms with van der Waals surface area (Å²) in [5, 5.41) is 24.6. The highest BCUT2D eigenvalue weighted by Gasteiger charge is 2.17. The minimum Gasteiger partial charge on any atom is -0.480 e. The molecule has 9 heteroatoms. The van der Waals surface area contributed by atoms with Gasteiger partial charge in [-0.15, -0.1) is 10.2 Å². The summed E-state index contributed by atoms with van der Waals surface area (Å²) in [5.74, 6) is -1.07. The number of tetrazole rings is 1. The van der Waals surface area contributed by atoms with Gasteiger partial charge in [-0.2, -0.15) is 5.21 Å². The van der Waals surface area contributed by atoms with Crippen LogP contribution in [0.5, 0.6) is 0 Å². The number of H-pyrrole nitrogens is 1. The van der Waals surface area contributed by atoms with Crippen molar-refractivity contribution < 1.29 is 14.7 Å². The van der Waals surface area contributed by atoms with Gasteiger partial charge in [0, 0.05) is 6.20 Å². The molecule has 0 fully saturated rings. The Morgan fingerprint density at radius 2 is 2.37 bits per heavy atom. The predicted octanol–water partition coefficient (Wildman–Crippen LogP) is -0.423. The van der Waals surface area contributed by atoms with Crippen LogP contribution in [0.4, 0.5) is 0 Å². The highest BCUT2D eigenvalue weighted by Crippen LogP contribution is 2.07. The van der Waals surface area contributed by atoms with Crippen LogP contribution < -0.4 is 5.32 Å². The van der Waals surface area contributed by atoms with Gasteiger partial charge in [-0.3, -0.25) is 9.59 Å². The monoisotopic (exact) mass is 264 g/mol. The summed E-state index contributed by atoms with van der Waals surface area (Å²) in [7, 11) is 0. The van der Waals surface area contributed by atoms with Gasteiger partial charge in [0.15, 0.2) is 5.82 Å².